The Morgan fingerprint density at radius 1 is 0.933 bits per heavy atom. The van der Waals surface area contributed by atoms with Gasteiger partial charge >= 0.3 is 0 Å². The fraction of sp³-hybridized carbons (Fsp3) is 0.130. The smallest absolute Gasteiger partial charge is 0.265 e. The highest BCUT2D eigenvalue weighted by atomic mass is 19.2. The van der Waals surface area contributed by atoms with E-state index in [1.807, 2.05) is 30.3 Å². The first-order valence-corrected chi connectivity index (χ1v) is 9.28. The molecule has 5 nitrogen and oxygen atoms in total. The maximum atomic E-state index is 13.3. The normalized spacial score (nSPS) is 11.4. The lowest BCUT2D eigenvalue weighted by Crippen LogP contribution is -2.31. The van der Waals surface area contributed by atoms with Crippen LogP contribution in [0, 0.1) is 11.6 Å². The monoisotopic (exact) mass is 410 g/mol. The predicted octanol–water partition coefficient (Wildman–Crippen LogP) is 4.30. The van der Waals surface area contributed by atoms with Crippen molar-refractivity contribution < 1.29 is 23.1 Å². The van der Waals surface area contributed by atoms with E-state index in [0.29, 0.717) is 6.54 Å². The highest BCUT2D eigenvalue weighted by molar-refractivity contribution is 5.97. The Balaban J connectivity index is 1.65. The minimum Gasteiger partial charge on any atom is -0.480 e. The summed E-state index contributed by atoms with van der Waals surface area (Å²) in [5.41, 5.74) is 1.33. The van der Waals surface area contributed by atoms with Gasteiger partial charge in [0.15, 0.2) is 17.7 Å². The molecule has 0 unspecified atom stereocenters. The number of rotatable bonds is 7. The van der Waals surface area contributed by atoms with Crippen molar-refractivity contribution >= 4 is 17.5 Å². The van der Waals surface area contributed by atoms with Gasteiger partial charge in [0.1, 0.15) is 5.75 Å². The number of hydrogen-bond donors (Lipinski definition) is 2. The van der Waals surface area contributed by atoms with Crippen LogP contribution in [0.3, 0.4) is 0 Å². The standard InChI is InChI=1S/C23H20F2N2O3/c1-15(22(28)27-17-11-12-19(24)20(25)13-17)30-21-10-6-5-9-18(21)23(29)26-14-16-7-3-2-4-8-16/h2-13,15H,14H2,1H3,(H,26,29)(H,27,28)/t15-/m0/s1. The van der Waals surface area contributed by atoms with E-state index in [1.54, 1.807) is 24.3 Å². The second kappa shape index (κ2) is 9.65. The van der Waals surface area contributed by atoms with Crippen molar-refractivity contribution in [3.05, 3.63) is 95.6 Å². The largest absolute Gasteiger partial charge is 0.480 e. The predicted molar refractivity (Wildman–Crippen MR) is 109 cm³/mol. The van der Waals surface area contributed by atoms with Crippen LogP contribution in [0.5, 0.6) is 5.75 Å². The summed E-state index contributed by atoms with van der Waals surface area (Å²) < 4.78 is 32.0. The second-order valence-corrected chi connectivity index (χ2v) is 6.54. The number of amides is 2. The molecule has 0 bridgehead atoms. The zero-order chi connectivity index (χ0) is 21.5. The molecule has 3 aromatic carbocycles. The summed E-state index contributed by atoms with van der Waals surface area (Å²) in [5.74, 6) is -2.76. The minimum absolute atomic E-state index is 0.100. The van der Waals surface area contributed by atoms with Crippen LogP contribution in [-0.2, 0) is 11.3 Å². The molecule has 154 valence electrons. The van der Waals surface area contributed by atoms with Crippen molar-refractivity contribution in [3.8, 4) is 5.75 Å². The maximum Gasteiger partial charge on any atom is 0.265 e. The number of hydrogen-bond acceptors (Lipinski definition) is 3. The number of carbonyl (C=O) groups excluding carboxylic acids is 2. The molecule has 0 aliphatic carbocycles. The first-order chi connectivity index (χ1) is 14.4. The maximum absolute atomic E-state index is 13.3. The van der Waals surface area contributed by atoms with Gasteiger partial charge in [-0.25, -0.2) is 8.78 Å². The van der Waals surface area contributed by atoms with Gasteiger partial charge in [0.2, 0.25) is 0 Å². The molecule has 3 aromatic rings. The van der Waals surface area contributed by atoms with Gasteiger partial charge in [-0.1, -0.05) is 42.5 Å². The fourth-order valence-electron chi connectivity index (χ4n) is 2.69. The Morgan fingerprint density at radius 3 is 2.37 bits per heavy atom. The summed E-state index contributed by atoms with van der Waals surface area (Å²) in [6.07, 6.45) is -0.985. The first kappa shape index (κ1) is 21.0. The summed E-state index contributed by atoms with van der Waals surface area (Å²) in [5, 5.41) is 5.27. The van der Waals surface area contributed by atoms with Crippen LogP contribution in [0.25, 0.3) is 0 Å². The average Bonchev–Trinajstić information content (AvgIpc) is 2.75. The van der Waals surface area contributed by atoms with E-state index in [0.717, 1.165) is 17.7 Å². The van der Waals surface area contributed by atoms with E-state index < -0.39 is 23.6 Å². The van der Waals surface area contributed by atoms with Gasteiger partial charge in [0.05, 0.1) is 5.56 Å². The molecule has 0 heterocycles. The number of nitrogens with one attached hydrogen (secondary N) is 2. The third kappa shape index (κ3) is 5.41. The van der Waals surface area contributed by atoms with E-state index in [1.165, 1.54) is 13.0 Å². The number of carbonyl (C=O) groups is 2. The van der Waals surface area contributed by atoms with Gasteiger partial charge in [0.25, 0.3) is 11.8 Å². The summed E-state index contributed by atoms with van der Waals surface area (Å²) in [7, 11) is 0. The van der Waals surface area contributed by atoms with Gasteiger partial charge in [0, 0.05) is 18.3 Å². The number of benzene rings is 3. The van der Waals surface area contributed by atoms with Crippen LogP contribution in [0.2, 0.25) is 0 Å². The van der Waals surface area contributed by atoms with E-state index in [4.69, 9.17) is 4.74 Å². The van der Waals surface area contributed by atoms with Gasteiger partial charge in [-0.3, -0.25) is 9.59 Å². The van der Waals surface area contributed by atoms with E-state index in [9.17, 15) is 18.4 Å². The summed E-state index contributed by atoms with van der Waals surface area (Å²) >= 11 is 0. The molecule has 2 amide bonds. The topological polar surface area (TPSA) is 67.4 Å². The van der Waals surface area contributed by atoms with Crippen molar-refractivity contribution in [2.75, 3.05) is 5.32 Å². The average molecular weight is 410 g/mol. The Kier molecular flexibility index (Phi) is 6.75. The van der Waals surface area contributed by atoms with Crippen molar-refractivity contribution in [3.63, 3.8) is 0 Å². The zero-order valence-electron chi connectivity index (χ0n) is 16.2. The van der Waals surface area contributed by atoms with Crippen molar-refractivity contribution in [1.82, 2.24) is 5.32 Å². The van der Waals surface area contributed by atoms with Crippen LogP contribution < -0.4 is 15.4 Å². The SMILES string of the molecule is C[C@H](Oc1ccccc1C(=O)NCc1ccccc1)C(=O)Nc1ccc(F)c(F)c1. The molecule has 1 atom stereocenters. The molecule has 0 fully saturated rings. The van der Waals surface area contributed by atoms with E-state index in [2.05, 4.69) is 10.6 Å². The molecule has 2 N–H and O–H groups in total. The summed E-state index contributed by atoms with van der Waals surface area (Å²) in [6.45, 7) is 1.84. The first-order valence-electron chi connectivity index (χ1n) is 9.28. The lowest BCUT2D eigenvalue weighted by Gasteiger charge is -2.17. The molecular formula is C23H20F2N2O3. The minimum atomic E-state index is -1.07. The van der Waals surface area contributed by atoms with Crippen LogP contribution in [0.4, 0.5) is 14.5 Å². The van der Waals surface area contributed by atoms with Crippen molar-refractivity contribution in [2.24, 2.45) is 0 Å². The summed E-state index contributed by atoms with van der Waals surface area (Å²) in [6, 6.07) is 19.0. The molecule has 3 rings (SSSR count). The van der Waals surface area contributed by atoms with Crippen LogP contribution >= 0.6 is 0 Å². The number of para-hydroxylation sites is 1. The highest BCUT2D eigenvalue weighted by Gasteiger charge is 2.19. The van der Waals surface area contributed by atoms with Crippen LogP contribution in [0.1, 0.15) is 22.8 Å². The fourth-order valence-corrected chi connectivity index (χ4v) is 2.69. The molecule has 0 saturated carbocycles. The van der Waals surface area contributed by atoms with Gasteiger partial charge in [-0.15, -0.1) is 0 Å². The molecule has 0 aliphatic rings. The number of anilines is 1. The van der Waals surface area contributed by atoms with Crippen molar-refractivity contribution in [1.29, 1.82) is 0 Å². The third-order valence-electron chi connectivity index (χ3n) is 4.29. The highest BCUT2D eigenvalue weighted by Crippen LogP contribution is 2.20. The molecule has 7 heteroatoms. The van der Waals surface area contributed by atoms with E-state index in [-0.39, 0.29) is 22.9 Å². The zero-order valence-corrected chi connectivity index (χ0v) is 16.2. The second-order valence-electron chi connectivity index (χ2n) is 6.54. The van der Waals surface area contributed by atoms with Gasteiger partial charge in [-0.2, -0.15) is 0 Å². The lowest BCUT2D eigenvalue weighted by atomic mass is 10.1. The van der Waals surface area contributed by atoms with E-state index >= 15 is 0 Å². The number of halogens is 2. The molecular weight excluding hydrogens is 390 g/mol. The Labute approximate surface area is 172 Å². The van der Waals surface area contributed by atoms with Crippen molar-refractivity contribution in [2.45, 2.75) is 19.6 Å². The molecule has 0 radical (unpaired) electrons. The molecule has 30 heavy (non-hydrogen) atoms. The van der Waals surface area contributed by atoms with Gasteiger partial charge in [-0.05, 0) is 36.8 Å². The molecule has 0 aromatic heterocycles. The Morgan fingerprint density at radius 2 is 1.63 bits per heavy atom. The molecule has 0 saturated heterocycles. The third-order valence-corrected chi connectivity index (χ3v) is 4.29. The van der Waals surface area contributed by atoms with Crippen LogP contribution in [0.15, 0.2) is 72.8 Å². The molecule has 0 spiro atoms. The lowest BCUT2D eigenvalue weighted by molar-refractivity contribution is -0.122. The Hall–Kier alpha value is -3.74. The summed E-state index contributed by atoms with van der Waals surface area (Å²) in [4.78, 5) is 24.9. The number of ether oxygens (including phenoxy) is 1. The Bertz CT molecular complexity index is 1040. The van der Waals surface area contributed by atoms with Crippen LogP contribution in [-0.4, -0.2) is 17.9 Å². The van der Waals surface area contributed by atoms with Gasteiger partial charge < -0.3 is 15.4 Å². The quantitative estimate of drug-likeness (QED) is 0.610. The molecule has 0 aliphatic heterocycles.